The van der Waals surface area contributed by atoms with E-state index in [-0.39, 0.29) is 24.0 Å². The highest BCUT2D eigenvalue weighted by Gasteiger charge is 2.15. The largest absolute Gasteiger partial charge is 0.454 e. The molecule has 150 valence electrons. The Morgan fingerprint density at radius 2 is 2.00 bits per heavy atom. The molecule has 10 heteroatoms. The molecule has 0 aliphatic carbocycles. The van der Waals surface area contributed by atoms with E-state index in [1.165, 1.54) is 6.20 Å². The van der Waals surface area contributed by atoms with Crippen LogP contribution in [0.5, 0.6) is 11.5 Å². The summed E-state index contributed by atoms with van der Waals surface area (Å²) in [5.74, 6) is 1.07. The van der Waals surface area contributed by atoms with E-state index < -0.39 is 0 Å². The number of aromatic amines is 1. The average Bonchev–Trinajstić information content (AvgIpc) is 3.40. The third-order valence-corrected chi connectivity index (χ3v) is 5.29. The number of hydrogen-bond acceptors (Lipinski definition) is 7. The van der Waals surface area contributed by atoms with Crippen molar-refractivity contribution >= 4 is 34.4 Å². The molecule has 3 heterocycles. The van der Waals surface area contributed by atoms with Gasteiger partial charge in [-0.05, 0) is 24.3 Å². The number of H-pyrrole nitrogens is 1. The number of fused-ring (bicyclic) bond motifs is 2. The molecule has 0 saturated heterocycles. The fourth-order valence-corrected chi connectivity index (χ4v) is 3.69. The number of ether oxygens (including phenoxy) is 2. The number of hydrogen-bond donors (Lipinski definition) is 2. The first kappa shape index (κ1) is 18.3. The fourth-order valence-electron chi connectivity index (χ4n) is 3.03. The lowest BCUT2D eigenvalue weighted by atomic mass is 10.3. The van der Waals surface area contributed by atoms with Gasteiger partial charge in [0.2, 0.25) is 12.7 Å². The molecule has 0 radical (unpaired) electrons. The molecule has 1 amide bonds. The van der Waals surface area contributed by atoms with Crippen LogP contribution in [0.15, 0.2) is 64.7 Å². The van der Waals surface area contributed by atoms with Crippen LogP contribution in [-0.4, -0.2) is 38.2 Å². The van der Waals surface area contributed by atoms with E-state index in [2.05, 4.69) is 20.4 Å². The van der Waals surface area contributed by atoms with Crippen molar-refractivity contribution in [2.75, 3.05) is 17.9 Å². The molecular formula is C20H15N5O4S. The number of aromatic nitrogens is 4. The lowest BCUT2D eigenvalue weighted by Crippen LogP contribution is -2.15. The first-order valence-corrected chi connectivity index (χ1v) is 10.0. The molecule has 2 N–H and O–H groups in total. The summed E-state index contributed by atoms with van der Waals surface area (Å²) in [5.41, 5.74) is 1.52. The van der Waals surface area contributed by atoms with E-state index in [0.717, 1.165) is 17.4 Å². The summed E-state index contributed by atoms with van der Waals surface area (Å²) in [6, 6.07) is 14.6. The van der Waals surface area contributed by atoms with Crippen LogP contribution < -0.4 is 20.3 Å². The van der Waals surface area contributed by atoms with E-state index in [1.807, 2.05) is 30.3 Å². The van der Waals surface area contributed by atoms with Crippen LogP contribution in [0.4, 0.5) is 5.69 Å². The second kappa shape index (κ2) is 7.56. The van der Waals surface area contributed by atoms with E-state index in [4.69, 9.17) is 9.47 Å². The highest BCUT2D eigenvalue weighted by Crippen LogP contribution is 2.34. The maximum Gasteiger partial charge on any atom is 0.262 e. The molecule has 5 rings (SSSR count). The molecule has 0 bridgehead atoms. The molecule has 0 spiro atoms. The lowest BCUT2D eigenvalue weighted by molar-refractivity contribution is -0.113. The number of carbonyl (C=O) groups excluding carboxylic acids is 1. The molecular weight excluding hydrogens is 406 g/mol. The summed E-state index contributed by atoms with van der Waals surface area (Å²) in [7, 11) is 0. The molecule has 9 nitrogen and oxygen atoms in total. The van der Waals surface area contributed by atoms with Crippen molar-refractivity contribution in [3.8, 4) is 17.2 Å². The summed E-state index contributed by atoms with van der Waals surface area (Å²) >= 11 is 1.13. The van der Waals surface area contributed by atoms with Crippen LogP contribution in [0.25, 0.3) is 16.7 Å². The number of thioether (sulfide) groups is 1. The van der Waals surface area contributed by atoms with Gasteiger partial charge in [-0.3, -0.25) is 9.59 Å². The van der Waals surface area contributed by atoms with Crippen LogP contribution >= 0.6 is 11.8 Å². The lowest BCUT2D eigenvalue weighted by Gasteiger charge is -2.06. The van der Waals surface area contributed by atoms with Crippen molar-refractivity contribution in [1.82, 2.24) is 19.7 Å². The summed E-state index contributed by atoms with van der Waals surface area (Å²) in [6.45, 7) is 0.170. The standard InChI is InChI=1S/C20H15N5O4S/c26-17(22-12-6-7-15-16(8-12)29-11-28-15)10-30-20-23-18-14(19(27)24-20)9-21-25(18)13-4-2-1-3-5-13/h1-9H,10-11H2,(H,22,26)(H,23,24,27). The van der Waals surface area contributed by atoms with Gasteiger partial charge in [0, 0.05) is 11.8 Å². The van der Waals surface area contributed by atoms with Gasteiger partial charge in [-0.1, -0.05) is 30.0 Å². The maximum atomic E-state index is 12.4. The van der Waals surface area contributed by atoms with Crippen LogP contribution in [-0.2, 0) is 4.79 Å². The second-order valence-electron chi connectivity index (χ2n) is 6.41. The SMILES string of the molecule is O=C(CSc1nc2c(cnn2-c2ccccc2)c(=O)[nH]1)Nc1ccc2c(c1)OCO2. The Balaban J connectivity index is 1.33. The van der Waals surface area contributed by atoms with Crippen molar-refractivity contribution in [3.05, 3.63) is 65.1 Å². The van der Waals surface area contributed by atoms with E-state index in [0.29, 0.717) is 33.4 Å². The van der Waals surface area contributed by atoms with Crippen LogP contribution in [0.3, 0.4) is 0 Å². The van der Waals surface area contributed by atoms with Gasteiger partial charge in [-0.25, -0.2) is 9.67 Å². The number of para-hydroxylation sites is 1. The number of anilines is 1. The van der Waals surface area contributed by atoms with Gasteiger partial charge in [0.15, 0.2) is 22.3 Å². The molecule has 4 aromatic rings. The molecule has 30 heavy (non-hydrogen) atoms. The average molecular weight is 421 g/mol. The van der Waals surface area contributed by atoms with Crippen LogP contribution in [0.2, 0.25) is 0 Å². The first-order valence-electron chi connectivity index (χ1n) is 9.03. The van der Waals surface area contributed by atoms with Gasteiger partial charge in [0.25, 0.3) is 5.56 Å². The highest BCUT2D eigenvalue weighted by molar-refractivity contribution is 7.99. The Morgan fingerprint density at radius 3 is 2.87 bits per heavy atom. The normalized spacial score (nSPS) is 12.3. The molecule has 0 saturated carbocycles. The highest BCUT2D eigenvalue weighted by atomic mass is 32.2. The second-order valence-corrected chi connectivity index (χ2v) is 7.37. The van der Waals surface area contributed by atoms with Crippen LogP contribution in [0, 0.1) is 0 Å². The minimum absolute atomic E-state index is 0.0718. The molecule has 0 atom stereocenters. The van der Waals surface area contributed by atoms with Gasteiger partial charge in [-0.15, -0.1) is 0 Å². The number of benzene rings is 2. The first-order chi connectivity index (χ1) is 14.7. The van der Waals surface area contributed by atoms with Gasteiger partial charge in [0.05, 0.1) is 17.6 Å². The van der Waals surface area contributed by atoms with Gasteiger partial charge in [0.1, 0.15) is 5.39 Å². The molecule has 1 aliphatic rings. The Bertz CT molecular complexity index is 1300. The molecule has 0 fully saturated rings. The van der Waals surface area contributed by atoms with Crippen molar-refractivity contribution < 1.29 is 14.3 Å². The topological polar surface area (TPSA) is 111 Å². The Kier molecular flexibility index (Phi) is 4.60. The van der Waals surface area contributed by atoms with Crippen molar-refractivity contribution in [1.29, 1.82) is 0 Å². The predicted octanol–water partition coefficient (Wildman–Crippen LogP) is 2.57. The molecule has 1 aliphatic heterocycles. The van der Waals surface area contributed by atoms with Gasteiger partial charge < -0.3 is 19.8 Å². The Labute approximate surface area is 174 Å². The quantitative estimate of drug-likeness (QED) is 0.376. The van der Waals surface area contributed by atoms with Gasteiger partial charge in [-0.2, -0.15) is 5.10 Å². The fraction of sp³-hybridized carbons (Fsp3) is 0.100. The van der Waals surface area contributed by atoms with Crippen molar-refractivity contribution in [3.63, 3.8) is 0 Å². The zero-order valence-electron chi connectivity index (χ0n) is 15.5. The van der Waals surface area contributed by atoms with E-state index in [9.17, 15) is 9.59 Å². The van der Waals surface area contributed by atoms with E-state index in [1.54, 1.807) is 22.9 Å². The summed E-state index contributed by atoms with van der Waals surface area (Å²) in [4.78, 5) is 31.9. The zero-order chi connectivity index (χ0) is 20.5. The third-order valence-electron chi connectivity index (χ3n) is 4.41. The van der Waals surface area contributed by atoms with Crippen LogP contribution in [0.1, 0.15) is 0 Å². The number of nitrogens with one attached hydrogen (secondary N) is 2. The monoisotopic (exact) mass is 421 g/mol. The third kappa shape index (κ3) is 3.48. The summed E-state index contributed by atoms with van der Waals surface area (Å²) < 4.78 is 12.2. The molecule has 2 aromatic heterocycles. The van der Waals surface area contributed by atoms with E-state index >= 15 is 0 Å². The van der Waals surface area contributed by atoms with Crippen molar-refractivity contribution in [2.24, 2.45) is 0 Å². The Morgan fingerprint density at radius 1 is 1.17 bits per heavy atom. The Hall–Kier alpha value is -3.79. The smallest absolute Gasteiger partial charge is 0.262 e. The summed E-state index contributed by atoms with van der Waals surface area (Å²) in [6.07, 6.45) is 1.48. The number of amides is 1. The minimum Gasteiger partial charge on any atom is -0.454 e. The summed E-state index contributed by atoms with van der Waals surface area (Å²) in [5, 5.41) is 7.79. The number of carbonyl (C=O) groups is 1. The zero-order valence-corrected chi connectivity index (χ0v) is 16.3. The number of nitrogens with zero attached hydrogens (tertiary/aromatic N) is 3. The maximum absolute atomic E-state index is 12.4. The van der Waals surface area contributed by atoms with Gasteiger partial charge >= 0.3 is 0 Å². The minimum atomic E-state index is -0.305. The molecule has 0 unspecified atom stereocenters. The molecule has 2 aromatic carbocycles. The number of rotatable bonds is 5. The van der Waals surface area contributed by atoms with Crippen molar-refractivity contribution in [2.45, 2.75) is 5.16 Å². The predicted molar refractivity (Wildman–Crippen MR) is 111 cm³/mol.